The molecule has 0 saturated carbocycles. The summed E-state index contributed by atoms with van der Waals surface area (Å²) in [4.78, 5) is 0. The van der Waals surface area contributed by atoms with Crippen LogP contribution in [0.25, 0.3) is 6.08 Å². The molecule has 0 radical (unpaired) electrons. The summed E-state index contributed by atoms with van der Waals surface area (Å²) >= 11 is 0. The first-order chi connectivity index (χ1) is 8.45. The van der Waals surface area contributed by atoms with E-state index in [-0.39, 0.29) is 12.2 Å². The van der Waals surface area contributed by atoms with Gasteiger partial charge in [-0.15, -0.1) is 0 Å². The van der Waals surface area contributed by atoms with Gasteiger partial charge in [-0.2, -0.15) is 22.8 Å². The van der Waals surface area contributed by atoms with E-state index in [0.29, 0.717) is 5.56 Å². The Bertz CT molecular complexity index is 465. The van der Waals surface area contributed by atoms with E-state index in [9.17, 15) is 17.6 Å². The van der Waals surface area contributed by atoms with Crippen LogP contribution in [0.5, 0.6) is 5.75 Å². The van der Waals surface area contributed by atoms with E-state index in [1.165, 1.54) is 24.3 Å². The molecule has 0 bridgehead atoms. The molecule has 6 heteroatoms. The fourth-order valence-electron chi connectivity index (χ4n) is 1.13. The molecule has 0 aliphatic carbocycles. The van der Waals surface area contributed by atoms with E-state index < -0.39 is 12.5 Å². The number of alkyl halides is 4. The lowest BCUT2D eigenvalue weighted by Crippen LogP contribution is -2.33. The minimum absolute atomic E-state index is 0.165. The largest absolute Gasteiger partial charge is 0.461 e. The van der Waals surface area contributed by atoms with Crippen molar-refractivity contribution in [3.05, 3.63) is 35.9 Å². The van der Waals surface area contributed by atoms with Crippen LogP contribution in [-0.2, 0) is 0 Å². The topological polar surface area (TPSA) is 33.0 Å². The van der Waals surface area contributed by atoms with Crippen molar-refractivity contribution in [1.29, 1.82) is 5.26 Å². The van der Waals surface area contributed by atoms with Gasteiger partial charge < -0.3 is 4.74 Å². The van der Waals surface area contributed by atoms with Gasteiger partial charge in [0.25, 0.3) is 0 Å². The fraction of sp³-hybridized carbons (Fsp3) is 0.250. The van der Waals surface area contributed by atoms with Gasteiger partial charge in [0, 0.05) is 0 Å². The number of ether oxygens (including phenoxy) is 1. The third-order valence-corrected chi connectivity index (χ3v) is 1.89. The highest BCUT2D eigenvalue weighted by Crippen LogP contribution is 2.28. The van der Waals surface area contributed by atoms with Gasteiger partial charge in [0.05, 0.1) is 12.5 Å². The number of rotatable bonds is 5. The number of halogens is 4. The average molecular weight is 259 g/mol. The van der Waals surface area contributed by atoms with E-state index in [1.807, 2.05) is 6.07 Å². The monoisotopic (exact) mass is 259 g/mol. The van der Waals surface area contributed by atoms with Crippen LogP contribution in [0.1, 0.15) is 12.0 Å². The molecule has 2 nitrogen and oxygen atoms in total. The molecule has 0 amide bonds. The van der Waals surface area contributed by atoms with Crippen LogP contribution in [0.4, 0.5) is 17.6 Å². The molecular weight excluding hydrogens is 250 g/mol. The van der Waals surface area contributed by atoms with Crippen molar-refractivity contribution < 1.29 is 22.3 Å². The van der Waals surface area contributed by atoms with Gasteiger partial charge in [-0.25, -0.2) is 0 Å². The summed E-state index contributed by atoms with van der Waals surface area (Å²) in [5.74, 6) is -0.362. The molecule has 0 heterocycles. The van der Waals surface area contributed by atoms with Gasteiger partial charge in [-0.05, 0) is 17.7 Å². The Morgan fingerprint density at radius 2 is 2.11 bits per heavy atom. The summed E-state index contributed by atoms with van der Waals surface area (Å²) in [5, 5.41) is 8.30. The molecule has 0 N–H and O–H groups in total. The van der Waals surface area contributed by atoms with Crippen LogP contribution in [0.2, 0.25) is 0 Å². The lowest BCUT2D eigenvalue weighted by molar-refractivity contribution is -0.253. The van der Waals surface area contributed by atoms with Crippen LogP contribution in [0, 0.1) is 11.3 Å². The Kier molecular flexibility index (Phi) is 4.72. The van der Waals surface area contributed by atoms with Crippen molar-refractivity contribution in [2.75, 3.05) is 0 Å². The molecule has 0 unspecified atom stereocenters. The number of allylic oxidation sites excluding steroid dienone is 1. The predicted molar refractivity (Wildman–Crippen MR) is 57.3 cm³/mol. The number of hydrogen-bond acceptors (Lipinski definition) is 2. The van der Waals surface area contributed by atoms with Crippen LogP contribution in [0.3, 0.4) is 0 Å². The maximum absolute atomic E-state index is 12.6. The number of nitriles is 1. The Hall–Kier alpha value is -2.03. The lowest BCUT2D eigenvalue weighted by Gasteiger charge is -2.16. The number of hydrogen-bond donors (Lipinski definition) is 0. The molecule has 0 spiro atoms. The second-order valence-corrected chi connectivity index (χ2v) is 3.30. The maximum Gasteiger partial charge on any atom is 0.461 e. The first kappa shape index (κ1) is 14.0. The standard InChI is InChI=1S/C12H9F4NO/c13-11(14)12(15,16)18-10-6-3-5-9(8-10)4-1-2-7-17/h1,3-6,8,11H,2H2. The molecule has 1 aromatic carbocycles. The molecule has 0 atom stereocenters. The molecule has 0 aromatic heterocycles. The summed E-state index contributed by atoms with van der Waals surface area (Å²) in [6, 6.07) is 7.17. The van der Waals surface area contributed by atoms with Crippen molar-refractivity contribution in [2.45, 2.75) is 19.0 Å². The summed E-state index contributed by atoms with van der Waals surface area (Å²) < 4.78 is 53.0. The number of nitrogens with zero attached hydrogens (tertiary/aromatic N) is 1. The van der Waals surface area contributed by atoms with Gasteiger partial charge in [-0.1, -0.05) is 24.3 Å². The SMILES string of the molecule is N#CCC=Cc1cccc(OC(F)(F)C(F)F)c1. The Labute approximate surface area is 101 Å². The summed E-state index contributed by atoms with van der Waals surface area (Å²) in [6.45, 7) is 0. The first-order valence-corrected chi connectivity index (χ1v) is 4.94. The summed E-state index contributed by atoms with van der Waals surface area (Å²) in [5.41, 5.74) is 0.479. The zero-order chi connectivity index (χ0) is 13.6. The quantitative estimate of drug-likeness (QED) is 0.752. The minimum Gasteiger partial charge on any atom is -0.428 e. The van der Waals surface area contributed by atoms with E-state index in [2.05, 4.69) is 4.74 Å². The van der Waals surface area contributed by atoms with Gasteiger partial charge in [0.1, 0.15) is 5.75 Å². The normalized spacial score (nSPS) is 11.8. The summed E-state index contributed by atoms with van der Waals surface area (Å²) in [6.07, 6.45) is -5.22. The van der Waals surface area contributed by atoms with Crippen molar-refractivity contribution in [3.63, 3.8) is 0 Å². The zero-order valence-corrected chi connectivity index (χ0v) is 9.12. The molecule has 1 rings (SSSR count). The fourth-order valence-corrected chi connectivity index (χ4v) is 1.13. The van der Waals surface area contributed by atoms with E-state index in [1.54, 1.807) is 6.07 Å². The molecule has 18 heavy (non-hydrogen) atoms. The van der Waals surface area contributed by atoms with Crippen molar-refractivity contribution in [2.24, 2.45) is 0 Å². The average Bonchev–Trinajstić information content (AvgIpc) is 2.29. The lowest BCUT2D eigenvalue weighted by atomic mass is 10.2. The predicted octanol–water partition coefficient (Wildman–Crippen LogP) is 3.85. The van der Waals surface area contributed by atoms with E-state index in [4.69, 9.17) is 5.26 Å². The van der Waals surface area contributed by atoms with Crippen LogP contribution in [0.15, 0.2) is 30.3 Å². The molecular formula is C12H9F4NO. The zero-order valence-electron chi connectivity index (χ0n) is 9.12. The van der Waals surface area contributed by atoms with E-state index in [0.717, 1.165) is 6.07 Å². The van der Waals surface area contributed by atoms with Crippen molar-refractivity contribution >= 4 is 6.08 Å². The van der Waals surface area contributed by atoms with Gasteiger partial charge in [0.15, 0.2) is 0 Å². The molecule has 0 aliphatic rings. The molecule has 0 saturated heterocycles. The first-order valence-electron chi connectivity index (χ1n) is 4.94. The van der Waals surface area contributed by atoms with Gasteiger partial charge >= 0.3 is 12.5 Å². The Morgan fingerprint density at radius 3 is 2.72 bits per heavy atom. The highest BCUT2D eigenvalue weighted by Gasteiger charge is 2.43. The van der Waals surface area contributed by atoms with Crippen LogP contribution >= 0.6 is 0 Å². The smallest absolute Gasteiger partial charge is 0.428 e. The van der Waals surface area contributed by atoms with Gasteiger partial charge in [0.2, 0.25) is 0 Å². The molecule has 0 aliphatic heterocycles. The molecule has 96 valence electrons. The molecule has 0 fully saturated rings. The second kappa shape index (κ2) is 6.05. The van der Waals surface area contributed by atoms with E-state index >= 15 is 0 Å². The third-order valence-electron chi connectivity index (χ3n) is 1.89. The van der Waals surface area contributed by atoms with Crippen LogP contribution < -0.4 is 4.74 Å². The highest BCUT2D eigenvalue weighted by atomic mass is 19.3. The molecule has 1 aromatic rings. The van der Waals surface area contributed by atoms with Crippen molar-refractivity contribution in [3.8, 4) is 11.8 Å². The van der Waals surface area contributed by atoms with Crippen LogP contribution in [-0.4, -0.2) is 12.5 Å². The van der Waals surface area contributed by atoms with Gasteiger partial charge in [-0.3, -0.25) is 0 Å². The highest BCUT2D eigenvalue weighted by molar-refractivity contribution is 5.51. The van der Waals surface area contributed by atoms with Crippen molar-refractivity contribution in [1.82, 2.24) is 0 Å². The Balaban J connectivity index is 2.80. The second-order valence-electron chi connectivity index (χ2n) is 3.30. The number of benzene rings is 1. The maximum atomic E-state index is 12.6. The third kappa shape index (κ3) is 4.09. The summed E-state index contributed by atoms with van der Waals surface area (Å²) in [7, 11) is 0. The Morgan fingerprint density at radius 1 is 1.39 bits per heavy atom. The minimum atomic E-state index is -4.52.